The van der Waals surface area contributed by atoms with Crippen molar-refractivity contribution >= 4 is 51.3 Å². The zero-order valence-electron chi connectivity index (χ0n) is 21.0. The van der Waals surface area contributed by atoms with Crippen LogP contribution in [0.1, 0.15) is 12.0 Å². The van der Waals surface area contributed by atoms with Crippen molar-refractivity contribution in [2.45, 2.75) is 31.7 Å². The number of fused-ring (bicyclic) bond motifs is 2. The largest absolute Gasteiger partial charge is 0.380 e. The number of amides is 2. The predicted octanol–water partition coefficient (Wildman–Crippen LogP) is 2.82. The lowest BCUT2D eigenvalue weighted by atomic mass is 10.1. The topological polar surface area (TPSA) is 126 Å². The van der Waals surface area contributed by atoms with E-state index in [9.17, 15) is 18.4 Å². The van der Waals surface area contributed by atoms with Crippen LogP contribution in [-0.2, 0) is 22.7 Å². The number of H-pyrrole nitrogens is 1. The van der Waals surface area contributed by atoms with Gasteiger partial charge < -0.3 is 20.9 Å². The summed E-state index contributed by atoms with van der Waals surface area (Å²) in [5.74, 6) is -1.48. The summed E-state index contributed by atoms with van der Waals surface area (Å²) >= 11 is 5.82. The first-order valence-electron chi connectivity index (χ1n) is 12.5. The fourth-order valence-corrected chi connectivity index (χ4v) is 5.35. The van der Waals surface area contributed by atoms with Gasteiger partial charge in [0.2, 0.25) is 11.4 Å². The van der Waals surface area contributed by atoms with Crippen LogP contribution in [0.2, 0.25) is 5.02 Å². The average Bonchev–Trinajstić information content (AvgIpc) is 3.65. The SMILES string of the molecule is Nc1ncnc2c1n(-c1c[nH]c3ccccc13)c[n+]2CC(=O)N1C[C@H](F)C[C@H]1C(=O)NCc1cccc(Cl)c1F. The molecule has 2 atom stereocenters. The Hall–Kier alpha value is -4.58. The Balaban J connectivity index is 1.27. The monoisotopic (exact) mass is 565 g/mol. The molecule has 13 heteroatoms. The zero-order valence-corrected chi connectivity index (χ0v) is 21.8. The summed E-state index contributed by atoms with van der Waals surface area (Å²) in [6.07, 6.45) is 3.27. The van der Waals surface area contributed by atoms with Crippen LogP contribution < -0.4 is 15.6 Å². The molecule has 10 nitrogen and oxygen atoms in total. The number of nitrogens with zero attached hydrogens (tertiary/aromatic N) is 5. The first kappa shape index (κ1) is 25.7. The number of aromatic nitrogens is 5. The van der Waals surface area contributed by atoms with Gasteiger partial charge in [-0.2, -0.15) is 4.98 Å². The quantitative estimate of drug-likeness (QED) is 0.273. The number of hydrogen-bond donors (Lipinski definition) is 3. The van der Waals surface area contributed by atoms with Crippen molar-refractivity contribution < 1.29 is 22.9 Å². The van der Waals surface area contributed by atoms with Gasteiger partial charge >= 0.3 is 5.65 Å². The molecule has 0 unspecified atom stereocenters. The standard InChI is InChI=1S/C27H23ClF2N8O2/c28-18-6-3-4-15(23(18)30)9-33-27(40)20-8-16(29)11-37(20)22(39)12-36-14-38(24-25(31)34-13-35-26(24)36)21-10-32-19-7-2-1-5-17(19)21/h1-7,10,13-14,16,20,32H,8-9,11-12H2,(H2-,31,33,34,35,40)/p+1/t16-,20+/m1/s1. The van der Waals surface area contributed by atoms with E-state index in [0.717, 1.165) is 16.6 Å². The minimum absolute atomic E-state index is 0.0680. The molecule has 0 aliphatic carbocycles. The van der Waals surface area contributed by atoms with Gasteiger partial charge in [0.25, 0.3) is 5.91 Å². The van der Waals surface area contributed by atoms with Crippen molar-refractivity contribution in [3.05, 3.63) is 77.7 Å². The third kappa shape index (κ3) is 4.49. The van der Waals surface area contributed by atoms with E-state index in [2.05, 4.69) is 20.3 Å². The number of aromatic amines is 1. The van der Waals surface area contributed by atoms with Crippen molar-refractivity contribution in [3.63, 3.8) is 0 Å². The van der Waals surface area contributed by atoms with Crippen LogP contribution in [0.3, 0.4) is 0 Å². The highest BCUT2D eigenvalue weighted by molar-refractivity contribution is 6.30. The lowest BCUT2D eigenvalue weighted by Crippen LogP contribution is -2.50. The highest BCUT2D eigenvalue weighted by Gasteiger charge is 2.40. The fraction of sp³-hybridized carbons (Fsp3) is 0.222. The van der Waals surface area contributed by atoms with E-state index in [1.807, 2.05) is 30.5 Å². The first-order valence-corrected chi connectivity index (χ1v) is 12.9. The molecular formula is C27H24ClF2N8O2+. The molecule has 0 bridgehead atoms. The molecule has 4 N–H and O–H groups in total. The van der Waals surface area contributed by atoms with Crippen molar-refractivity contribution in [2.75, 3.05) is 12.3 Å². The Kier molecular flexibility index (Phi) is 6.54. The number of nitrogens with one attached hydrogen (secondary N) is 2. The van der Waals surface area contributed by atoms with Crippen LogP contribution in [0.25, 0.3) is 27.8 Å². The van der Waals surface area contributed by atoms with Crippen LogP contribution >= 0.6 is 11.6 Å². The molecule has 1 fully saturated rings. The van der Waals surface area contributed by atoms with Crippen molar-refractivity contribution in [1.82, 2.24) is 29.7 Å². The molecule has 2 amide bonds. The number of nitrogens with two attached hydrogens (primary N) is 1. The Morgan fingerprint density at radius 2 is 2.02 bits per heavy atom. The van der Waals surface area contributed by atoms with Crippen molar-refractivity contribution in [2.24, 2.45) is 0 Å². The molecular weight excluding hydrogens is 542 g/mol. The number of imidazole rings is 1. The number of alkyl halides is 1. The Morgan fingerprint density at radius 3 is 2.88 bits per heavy atom. The Labute approximate surface area is 231 Å². The van der Waals surface area contributed by atoms with E-state index in [1.54, 1.807) is 21.5 Å². The molecule has 1 saturated heterocycles. The van der Waals surface area contributed by atoms with E-state index < -0.39 is 29.8 Å². The molecule has 6 rings (SSSR count). The summed E-state index contributed by atoms with van der Waals surface area (Å²) in [7, 11) is 0. The summed E-state index contributed by atoms with van der Waals surface area (Å²) in [5, 5.41) is 3.46. The van der Waals surface area contributed by atoms with E-state index in [0.29, 0.717) is 11.2 Å². The van der Waals surface area contributed by atoms with E-state index >= 15 is 0 Å². The molecule has 5 aromatic rings. The summed E-state index contributed by atoms with van der Waals surface area (Å²) < 4.78 is 32.1. The molecule has 0 radical (unpaired) electrons. The second-order valence-electron chi connectivity index (χ2n) is 9.59. The van der Waals surface area contributed by atoms with Gasteiger partial charge in [-0.1, -0.05) is 40.9 Å². The second-order valence-corrected chi connectivity index (χ2v) is 10.00. The lowest BCUT2D eigenvalue weighted by Gasteiger charge is -2.23. The average molecular weight is 566 g/mol. The third-order valence-corrected chi connectivity index (χ3v) is 7.38. The summed E-state index contributed by atoms with van der Waals surface area (Å²) in [4.78, 5) is 39.4. The number of rotatable bonds is 6. The number of likely N-dealkylation sites (tertiary alicyclic amines) is 1. The van der Waals surface area contributed by atoms with Crippen LogP contribution in [0.4, 0.5) is 14.6 Å². The number of nitrogen functional groups attached to an aromatic ring is 1. The lowest BCUT2D eigenvalue weighted by molar-refractivity contribution is -0.661. The van der Waals surface area contributed by atoms with Gasteiger partial charge in [-0.05, 0) is 18.2 Å². The van der Waals surface area contributed by atoms with Gasteiger partial charge in [0.1, 0.15) is 23.7 Å². The second kappa shape index (κ2) is 10.2. The molecule has 1 aliphatic heterocycles. The summed E-state index contributed by atoms with van der Waals surface area (Å²) in [6.45, 7) is -0.604. The van der Waals surface area contributed by atoms with Crippen molar-refractivity contribution in [1.29, 1.82) is 0 Å². The maximum absolute atomic E-state index is 14.5. The van der Waals surface area contributed by atoms with E-state index in [4.69, 9.17) is 17.3 Å². The van der Waals surface area contributed by atoms with Crippen LogP contribution in [0, 0.1) is 5.82 Å². The maximum Gasteiger partial charge on any atom is 0.308 e. The van der Waals surface area contributed by atoms with Crippen LogP contribution in [-0.4, -0.2) is 55.0 Å². The smallest absolute Gasteiger partial charge is 0.308 e. The van der Waals surface area contributed by atoms with Gasteiger partial charge in [-0.15, -0.1) is 0 Å². The van der Waals surface area contributed by atoms with Gasteiger partial charge in [0.05, 0.1) is 11.6 Å². The minimum Gasteiger partial charge on any atom is -0.380 e. The normalized spacial score (nSPS) is 17.1. The number of carbonyl (C=O) groups excluding carboxylic acids is 2. The number of carbonyl (C=O) groups is 2. The summed E-state index contributed by atoms with van der Waals surface area (Å²) in [6, 6.07) is 11.1. The fourth-order valence-electron chi connectivity index (χ4n) is 5.16. The molecule has 40 heavy (non-hydrogen) atoms. The molecule has 4 heterocycles. The summed E-state index contributed by atoms with van der Waals surface area (Å²) in [5.41, 5.74) is 9.01. The first-order chi connectivity index (χ1) is 19.3. The maximum atomic E-state index is 14.5. The molecule has 3 aromatic heterocycles. The van der Waals surface area contributed by atoms with Gasteiger partial charge in [0, 0.05) is 35.6 Å². The van der Waals surface area contributed by atoms with Gasteiger partial charge in [0.15, 0.2) is 25.0 Å². The van der Waals surface area contributed by atoms with E-state index in [1.165, 1.54) is 23.4 Å². The number of halogens is 3. The van der Waals surface area contributed by atoms with Gasteiger partial charge in [-0.3, -0.25) is 9.59 Å². The molecule has 204 valence electrons. The number of anilines is 1. The van der Waals surface area contributed by atoms with E-state index in [-0.39, 0.29) is 42.5 Å². The predicted molar refractivity (Wildman–Crippen MR) is 144 cm³/mol. The highest BCUT2D eigenvalue weighted by atomic mass is 35.5. The van der Waals surface area contributed by atoms with Crippen molar-refractivity contribution in [3.8, 4) is 5.69 Å². The molecule has 0 spiro atoms. The minimum atomic E-state index is -1.38. The molecule has 1 aliphatic rings. The third-order valence-electron chi connectivity index (χ3n) is 7.09. The Bertz CT molecular complexity index is 1770. The number of hydrogen-bond acceptors (Lipinski definition) is 5. The van der Waals surface area contributed by atoms with Crippen LogP contribution in [0.5, 0.6) is 0 Å². The van der Waals surface area contributed by atoms with Gasteiger partial charge in [-0.25, -0.2) is 17.9 Å². The number of para-hydroxylation sites is 1. The Morgan fingerprint density at radius 1 is 1.20 bits per heavy atom. The molecule has 2 aromatic carbocycles. The highest BCUT2D eigenvalue weighted by Crippen LogP contribution is 2.27. The van der Waals surface area contributed by atoms with Crippen LogP contribution in [0.15, 0.2) is 61.3 Å². The number of benzene rings is 2. The zero-order chi connectivity index (χ0) is 28.0. The molecule has 0 saturated carbocycles.